The summed E-state index contributed by atoms with van der Waals surface area (Å²) in [4.78, 5) is 130. The molecule has 1 aliphatic heterocycles. The van der Waals surface area contributed by atoms with E-state index < -0.39 is 81.2 Å². The smallest absolute Gasteiger partial charge is 0.354 e. The molecule has 9 aromatic carbocycles. The van der Waals surface area contributed by atoms with Crippen molar-refractivity contribution in [3.63, 3.8) is 0 Å². The molecular formula is C106H79BrFN5O25S3. The van der Waals surface area contributed by atoms with Gasteiger partial charge in [0.1, 0.15) is 111 Å². The zero-order chi connectivity index (χ0) is 97.8. The van der Waals surface area contributed by atoms with Crippen molar-refractivity contribution in [2.24, 2.45) is 0 Å². The van der Waals surface area contributed by atoms with Crippen molar-refractivity contribution in [3.05, 3.63) is 362 Å². The summed E-state index contributed by atoms with van der Waals surface area (Å²) in [6, 6.07) is 68.1. The number of aliphatic hydroxyl groups is 2. The van der Waals surface area contributed by atoms with Crippen molar-refractivity contribution in [3.8, 4) is 51.4 Å². The zero-order valence-electron chi connectivity index (χ0n) is 74.1. The molecule has 0 unspecified atom stereocenters. The van der Waals surface area contributed by atoms with Gasteiger partial charge >= 0.3 is 28.1 Å². The Bertz CT molecular complexity index is 9040. The van der Waals surface area contributed by atoms with Crippen molar-refractivity contribution in [2.45, 2.75) is 142 Å². The Morgan fingerprint density at radius 2 is 0.823 bits per heavy atom. The van der Waals surface area contributed by atoms with Gasteiger partial charge in [0, 0.05) is 90.4 Å². The monoisotopic (exact) mass is 2020 g/mol. The highest BCUT2D eigenvalue weighted by molar-refractivity contribution is 9.10. The van der Waals surface area contributed by atoms with Crippen LogP contribution in [0.25, 0.3) is 115 Å². The number of halogens is 2. The first kappa shape index (κ1) is 92.3. The lowest BCUT2D eigenvalue weighted by Crippen LogP contribution is -2.35. The van der Waals surface area contributed by atoms with Gasteiger partial charge in [-0.15, -0.1) is 0 Å². The predicted octanol–water partition coefficient (Wildman–Crippen LogP) is 17.8. The third-order valence-corrected chi connectivity index (χ3v) is 29.2. The molecule has 30 nitrogen and oxygen atoms in total. The average Bonchev–Trinajstić information content (AvgIpc) is 1.69. The minimum atomic E-state index is -1.19. The van der Waals surface area contributed by atoms with E-state index in [2.05, 4.69) is 15.9 Å². The molecule has 19 aromatic rings. The topological polar surface area (TPSA) is 430 Å². The van der Waals surface area contributed by atoms with Gasteiger partial charge in [-0.25, -0.2) is 28.4 Å². The number of nitrogens with zero attached hydrogens (tertiary/aromatic N) is 5. The molecule has 0 bridgehead atoms. The Morgan fingerprint density at radius 3 is 1.30 bits per heavy atom. The molecule has 0 amide bonds. The van der Waals surface area contributed by atoms with Crippen LogP contribution < -0.4 is 60.7 Å². The van der Waals surface area contributed by atoms with E-state index in [0.29, 0.717) is 111 Å². The van der Waals surface area contributed by atoms with Gasteiger partial charge in [0.15, 0.2) is 34.9 Å². The Kier molecular flexibility index (Phi) is 24.6. The van der Waals surface area contributed by atoms with Crippen molar-refractivity contribution < 1.29 is 76.4 Å². The fraction of sp³-hybridized carbons (Fsp3) is 0.189. The molecule has 710 valence electrons. The minimum Gasteiger partial charge on any atom is -0.507 e. The molecule has 1 saturated heterocycles. The fourth-order valence-electron chi connectivity index (χ4n) is 18.2. The van der Waals surface area contributed by atoms with E-state index in [1.807, 2.05) is 97.1 Å². The van der Waals surface area contributed by atoms with Crippen molar-refractivity contribution in [1.82, 2.24) is 22.8 Å². The second-order valence-electron chi connectivity index (χ2n) is 34.5. The summed E-state index contributed by atoms with van der Waals surface area (Å²) in [6.45, 7) is -0.0368. The highest BCUT2D eigenvalue weighted by Gasteiger charge is 2.44. The molecule has 5 aliphatic carbocycles. The number of fused-ring (bicyclic) bond motifs is 17. The number of hydrogen-bond donors (Lipinski definition) is 7. The van der Waals surface area contributed by atoms with E-state index in [9.17, 15) is 88.1 Å². The maximum absolute atomic E-state index is 14.4. The summed E-state index contributed by atoms with van der Waals surface area (Å²) in [7, 11) is 1.38. The number of pyridine rings is 5. The van der Waals surface area contributed by atoms with Crippen LogP contribution >= 0.6 is 51.2 Å². The second kappa shape index (κ2) is 37.6. The number of aryl methyl sites for hydroxylation is 2. The summed E-state index contributed by atoms with van der Waals surface area (Å²) in [5.74, 6) is -1.82. The second-order valence-corrected chi connectivity index (χ2v) is 38.5. The molecule has 141 heavy (non-hydrogen) atoms. The van der Waals surface area contributed by atoms with Crippen molar-refractivity contribution in [2.75, 3.05) is 13.7 Å². The van der Waals surface area contributed by atoms with Gasteiger partial charge in [-0.3, -0.25) is 28.5 Å². The van der Waals surface area contributed by atoms with E-state index in [1.54, 1.807) is 138 Å². The van der Waals surface area contributed by atoms with E-state index in [1.165, 1.54) is 37.1 Å². The Hall–Kier alpha value is -15.1. The SMILES string of the molecule is CO[C@@H]1O[C@H](COc2ccc(-n3c4c(c5oc(=O)c(Sc6ccccc6)c(O)c5c3=O)CCc3ccccc3-4)cc2)[C@@H](O)[C@H]1O.O=c1oc2ccccc2c2c1c(O)c(Br)c(=O)n2C1CC1.O=c1oc2ccccc2c2c1c(O)c(Sc1cccc(F)c1)c(=O)n2C1CC1.O=c1oc2ccccc2c2c1c(O)c(Sc1ccccc1)c(=O)n2C1CC1.O=c1oc2ccccc2c2c1c(O)cc(=O)n2C1CC1. The molecular weight excluding hydrogens is 1940 g/mol. The maximum atomic E-state index is 14.4. The number of benzene rings is 9. The molecule has 11 heterocycles. The lowest BCUT2D eigenvalue weighted by atomic mass is 9.87. The summed E-state index contributed by atoms with van der Waals surface area (Å²) in [5, 5.41) is 76.3. The van der Waals surface area contributed by atoms with Crippen molar-refractivity contribution in [1.29, 1.82) is 0 Å². The molecule has 0 spiro atoms. The average molecular weight is 2020 g/mol. The first-order chi connectivity index (χ1) is 68.3. The Morgan fingerprint density at radius 1 is 0.404 bits per heavy atom. The summed E-state index contributed by atoms with van der Waals surface area (Å²) in [5.41, 5.74) is 2.00. The minimum absolute atomic E-state index is 0.00415. The number of aromatic nitrogens is 5. The first-order valence-electron chi connectivity index (χ1n) is 45.0. The maximum Gasteiger partial charge on any atom is 0.354 e. The molecule has 4 saturated carbocycles. The molecule has 25 rings (SSSR count). The van der Waals surface area contributed by atoms with E-state index in [-0.39, 0.29) is 116 Å². The number of rotatable bonds is 15. The van der Waals surface area contributed by atoms with Gasteiger partial charge in [0.05, 0.1) is 27.8 Å². The normalized spacial score (nSPS) is 16.4. The van der Waals surface area contributed by atoms with Crippen LogP contribution in [0.2, 0.25) is 0 Å². The zero-order valence-corrected chi connectivity index (χ0v) is 78.1. The standard InChI is InChI=1S/C34H29NO9S.C21H14FNO4S.C21H15NO4S.C15H10BrNO4.C15H11NO4/c1-41-34-29(38)27(36)24(43-34)17-42-20-14-12-19(13-15-20)35-26-22-10-6-5-7-18(22)11-16-23(26)30-25(32(35)39)28(37)31(33(40)44-30)45-21-8-3-2-4-9-21;22-11-4-3-5-13(10-11)28-19-18(24)16-17(23(20(19)25)12-8-9-12)14-6-1-2-7-15(14)27-21(16)26;23-18-16-17(14-8-4-5-9-15(14)26-21(16)25)22(12-10-11-12)20(24)19(18)27-13-6-2-1-3-7-13;16-11-13(18)10-12(17(14(11)19)7-5-6-7)8-3-1-2-4-9(8)21-15(10)20;17-10-7-12(18)16(8-5-6-8)14-9-3-1-2-4-11(9)20-15(19)13(10)14/h2-10,12-15,24,27,29,34,36-38H,11,16-17H2,1H3;1-7,10,12,24H,8-9H2;1-9,12,23H,10-11H2;1-4,7,18H,5-6H2;1-4,7-8,17H,5-6H2/t24-,27-,29-,34-;;;;/m1..../s1. The number of aliphatic hydroxyl groups excluding tert-OH is 2. The highest BCUT2D eigenvalue weighted by atomic mass is 79.9. The fourth-order valence-corrected chi connectivity index (χ4v) is 21.3. The molecule has 7 N–H and O–H groups in total. The Labute approximate surface area is 812 Å². The number of methoxy groups -OCH3 is 1. The van der Waals surface area contributed by atoms with Gasteiger partial charge in [-0.2, -0.15) is 0 Å². The van der Waals surface area contributed by atoms with Crippen LogP contribution in [0.5, 0.6) is 34.5 Å². The van der Waals surface area contributed by atoms with Gasteiger partial charge in [-0.05, 0) is 201 Å². The number of aromatic hydroxyl groups is 5. The van der Waals surface area contributed by atoms with Crippen LogP contribution in [0.1, 0.15) is 86.7 Å². The quantitative estimate of drug-likeness (QED) is 0.0370. The third-order valence-electron chi connectivity index (χ3n) is 25.3. The van der Waals surface area contributed by atoms with Crippen molar-refractivity contribution >= 4 is 150 Å². The van der Waals surface area contributed by atoms with Crippen LogP contribution in [-0.2, 0) is 22.3 Å². The number of para-hydroxylation sites is 4. The van der Waals surface area contributed by atoms with Gasteiger partial charge in [0.2, 0.25) is 0 Å². The lowest BCUT2D eigenvalue weighted by molar-refractivity contribution is -0.152. The van der Waals surface area contributed by atoms with Crippen LogP contribution in [0.3, 0.4) is 0 Å². The van der Waals surface area contributed by atoms with Gasteiger partial charge < -0.3 is 90.3 Å². The van der Waals surface area contributed by atoms with Crippen LogP contribution in [0, 0.1) is 5.82 Å². The molecule has 10 aromatic heterocycles. The van der Waals surface area contributed by atoms with E-state index >= 15 is 0 Å². The lowest BCUT2D eigenvalue weighted by Gasteiger charge is -2.25. The summed E-state index contributed by atoms with van der Waals surface area (Å²) in [6.07, 6.45) is 4.06. The summed E-state index contributed by atoms with van der Waals surface area (Å²) >= 11 is 6.23. The molecule has 6 aliphatic rings. The van der Waals surface area contributed by atoms with Gasteiger partial charge in [-0.1, -0.05) is 151 Å². The third kappa shape index (κ3) is 17.1. The predicted molar refractivity (Wildman–Crippen MR) is 532 cm³/mol. The number of ether oxygens (including phenoxy) is 3. The molecule has 4 atom stereocenters. The van der Waals surface area contributed by atoms with Crippen LogP contribution in [-0.4, -0.2) is 96.9 Å². The van der Waals surface area contributed by atoms with Gasteiger partial charge in [0.25, 0.3) is 27.8 Å². The molecule has 35 heteroatoms. The van der Waals surface area contributed by atoms with E-state index in [0.717, 1.165) is 97.0 Å². The number of hydrogen-bond acceptors (Lipinski definition) is 28. The van der Waals surface area contributed by atoms with Crippen LogP contribution in [0.4, 0.5) is 4.39 Å². The highest BCUT2D eigenvalue weighted by Crippen LogP contribution is 2.49. The largest absolute Gasteiger partial charge is 0.507 e. The molecule has 0 radical (unpaired) electrons. The van der Waals surface area contributed by atoms with E-state index in [4.69, 9.17) is 36.3 Å². The Balaban J connectivity index is 0.000000108. The van der Waals surface area contributed by atoms with Crippen LogP contribution in [0.15, 0.2) is 340 Å². The molecule has 5 fully saturated rings. The first-order valence-corrected chi connectivity index (χ1v) is 48.2. The summed E-state index contributed by atoms with van der Waals surface area (Å²) < 4.78 is 65.0.